The first-order chi connectivity index (χ1) is 15.5. The number of rotatable bonds is 8. The van der Waals surface area contributed by atoms with Crippen LogP contribution in [0.5, 0.6) is 0 Å². The molecule has 1 saturated carbocycles. The monoisotopic (exact) mass is 434 g/mol. The lowest BCUT2D eigenvalue weighted by Crippen LogP contribution is -2.07. The number of anilines is 2. The van der Waals surface area contributed by atoms with Gasteiger partial charge >= 0.3 is 5.97 Å². The fraction of sp³-hybridized carbons (Fsp3) is 0.440. The maximum Gasteiger partial charge on any atom is 0.303 e. The summed E-state index contributed by atoms with van der Waals surface area (Å²) >= 11 is 0. The van der Waals surface area contributed by atoms with Crippen LogP contribution in [0.3, 0.4) is 0 Å². The van der Waals surface area contributed by atoms with Gasteiger partial charge in [-0.3, -0.25) is 4.79 Å². The summed E-state index contributed by atoms with van der Waals surface area (Å²) in [5, 5.41) is 16.5. The molecule has 2 heterocycles. The second-order valence-electron chi connectivity index (χ2n) is 8.63. The highest BCUT2D eigenvalue weighted by atomic mass is 16.5. The molecule has 1 aliphatic rings. The zero-order chi connectivity index (χ0) is 22.5. The van der Waals surface area contributed by atoms with Crippen LogP contribution in [0.15, 0.2) is 35.0 Å². The summed E-state index contributed by atoms with van der Waals surface area (Å²) in [5.74, 6) is 0.990. The van der Waals surface area contributed by atoms with Gasteiger partial charge in [-0.25, -0.2) is 9.97 Å². The lowest BCUT2D eigenvalue weighted by atomic mass is 9.84. The Morgan fingerprint density at radius 2 is 1.91 bits per heavy atom. The molecule has 3 aromatic rings. The second kappa shape index (κ2) is 9.94. The first kappa shape index (κ1) is 22.0. The minimum atomic E-state index is -0.759. The molecule has 7 heteroatoms. The zero-order valence-electron chi connectivity index (χ0n) is 18.7. The number of nitrogens with one attached hydrogen (secondary N) is 1. The van der Waals surface area contributed by atoms with Crippen molar-refractivity contribution >= 4 is 17.6 Å². The second-order valence-corrected chi connectivity index (χ2v) is 8.63. The van der Waals surface area contributed by atoms with Gasteiger partial charge in [0, 0.05) is 24.2 Å². The number of aromatic nitrogens is 3. The van der Waals surface area contributed by atoms with Crippen molar-refractivity contribution in [3.05, 3.63) is 53.0 Å². The molecule has 4 rings (SSSR count). The van der Waals surface area contributed by atoms with E-state index in [9.17, 15) is 4.79 Å². The molecule has 0 aliphatic heterocycles. The van der Waals surface area contributed by atoms with Gasteiger partial charge in [0.15, 0.2) is 0 Å². The number of nitrogens with zero attached hydrogens (tertiary/aromatic N) is 3. The highest BCUT2D eigenvalue weighted by Gasteiger charge is 2.26. The minimum absolute atomic E-state index is 0.186. The molecule has 2 aromatic heterocycles. The molecule has 2 N–H and O–H groups in total. The number of carbonyl (C=O) groups is 1. The maximum atomic E-state index is 10.7. The molecule has 0 radical (unpaired) electrons. The first-order valence-corrected chi connectivity index (χ1v) is 11.4. The van der Waals surface area contributed by atoms with Crippen LogP contribution in [0.4, 0.5) is 11.6 Å². The molecule has 168 valence electrons. The molecule has 1 aromatic carbocycles. The highest BCUT2D eigenvalue weighted by Crippen LogP contribution is 2.39. The molecular formula is C25H30N4O3. The predicted octanol–water partition coefficient (Wildman–Crippen LogP) is 5.95. The van der Waals surface area contributed by atoms with Gasteiger partial charge in [0.05, 0.1) is 17.0 Å². The topological polar surface area (TPSA) is 101 Å². The SMILES string of the molecule is Cc1cnc(Nc2ccc(CCCC(=O)O)cc2)nc1-c1c(C2CCCCC2)noc1C. The van der Waals surface area contributed by atoms with Crippen molar-refractivity contribution in [2.45, 2.75) is 71.1 Å². The fourth-order valence-corrected chi connectivity index (χ4v) is 4.41. The van der Waals surface area contributed by atoms with Crippen molar-refractivity contribution in [3.8, 4) is 11.3 Å². The van der Waals surface area contributed by atoms with E-state index in [0.29, 0.717) is 18.3 Å². The largest absolute Gasteiger partial charge is 0.481 e. The number of aryl methyl sites for hydroxylation is 3. The van der Waals surface area contributed by atoms with Crippen LogP contribution in [0.1, 0.15) is 73.4 Å². The third-order valence-electron chi connectivity index (χ3n) is 6.16. The third-order valence-corrected chi connectivity index (χ3v) is 6.16. The Labute approximate surface area is 188 Å². The van der Waals surface area contributed by atoms with Crippen LogP contribution in [0, 0.1) is 13.8 Å². The standard InChI is InChI=1S/C25H30N4O3/c1-16-15-26-25(27-20-13-11-18(12-14-20)7-6-10-21(30)31)28-23(16)22-17(2)32-29-24(22)19-8-4-3-5-9-19/h11-15,19H,3-10H2,1-2H3,(H,30,31)(H,26,27,28). The van der Waals surface area contributed by atoms with E-state index >= 15 is 0 Å². The molecule has 32 heavy (non-hydrogen) atoms. The van der Waals surface area contributed by atoms with Gasteiger partial charge in [-0.2, -0.15) is 0 Å². The predicted molar refractivity (Wildman–Crippen MR) is 123 cm³/mol. The lowest BCUT2D eigenvalue weighted by Gasteiger charge is -2.20. The van der Waals surface area contributed by atoms with Crippen molar-refractivity contribution in [3.63, 3.8) is 0 Å². The van der Waals surface area contributed by atoms with E-state index in [1.807, 2.05) is 44.3 Å². The van der Waals surface area contributed by atoms with Gasteiger partial charge in [-0.15, -0.1) is 0 Å². The molecule has 0 atom stereocenters. The van der Waals surface area contributed by atoms with Gasteiger partial charge in [-0.05, 0) is 62.8 Å². The summed E-state index contributed by atoms with van der Waals surface area (Å²) in [7, 11) is 0. The Morgan fingerprint density at radius 1 is 1.16 bits per heavy atom. The molecule has 1 fully saturated rings. The number of hydrogen-bond donors (Lipinski definition) is 2. The third kappa shape index (κ3) is 5.15. The van der Waals surface area contributed by atoms with Crippen molar-refractivity contribution < 1.29 is 14.4 Å². The van der Waals surface area contributed by atoms with Crippen molar-refractivity contribution in [1.29, 1.82) is 0 Å². The Kier molecular flexibility index (Phi) is 6.83. The Bertz CT molecular complexity index is 1070. The summed E-state index contributed by atoms with van der Waals surface area (Å²) in [6, 6.07) is 7.95. The molecule has 0 bridgehead atoms. The number of benzene rings is 1. The Morgan fingerprint density at radius 3 is 2.62 bits per heavy atom. The van der Waals surface area contributed by atoms with Gasteiger partial charge in [0.1, 0.15) is 5.76 Å². The number of aliphatic carboxylic acids is 1. The molecule has 7 nitrogen and oxygen atoms in total. The normalized spacial score (nSPS) is 14.4. The molecule has 0 spiro atoms. The van der Waals surface area contributed by atoms with E-state index in [2.05, 4.69) is 15.5 Å². The maximum absolute atomic E-state index is 10.7. The van der Waals surface area contributed by atoms with Crippen LogP contribution in [0.25, 0.3) is 11.3 Å². The summed E-state index contributed by atoms with van der Waals surface area (Å²) in [6.45, 7) is 3.97. The van der Waals surface area contributed by atoms with Gasteiger partial charge in [0.2, 0.25) is 5.95 Å². The van der Waals surface area contributed by atoms with E-state index in [0.717, 1.165) is 58.8 Å². The van der Waals surface area contributed by atoms with Crippen LogP contribution in [-0.2, 0) is 11.2 Å². The van der Waals surface area contributed by atoms with Crippen LogP contribution >= 0.6 is 0 Å². The van der Waals surface area contributed by atoms with Crippen molar-refractivity contribution in [2.75, 3.05) is 5.32 Å². The van der Waals surface area contributed by atoms with E-state index < -0.39 is 5.97 Å². The summed E-state index contributed by atoms with van der Waals surface area (Å²) < 4.78 is 5.61. The summed E-state index contributed by atoms with van der Waals surface area (Å²) in [4.78, 5) is 20.0. The quantitative estimate of drug-likeness (QED) is 0.452. The summed E-state index contributed by atoms with van der Waals surface area (Å²) in [5.41, 5.74) is 5.89. The van der Waals surface area contributed by atoms with E-state index in [4.69, 9.17) is 14.6 Å². The Hall–Kier alpha value is -3.22. The van der Waals surface area contributed by atoms with Gasteiger partial charge < -0.3 is 14.9 Å². The van der Waals surface area contributed by atoms with Crippen LogP contribution < -0.4 is 5.32 Å². The zero-order valence-corrected chi connectivity index (χ0v) is 18.7. The average Bonchev–Trinajstić information content (AvgIpc) is 3.18. The molecule has 0 saturated heterocycles. The Balaban J connectivity index is 1.53. The van der Waals surface area contributed by atoms with E-state index in [1.165, 1.54) is 19.3 Å². The van der Waals surface area contributed by atoms with Crippen molar-refractivity contribution in [1.82, 2.24) is 15.1 Å². The fourth-order valence-electron chi connectivity index (χ4n) is 4.41. The number of carboxylic acid groups (broad SMARTS) is 1. The molecule has 0 unspecified atom stereocenters. The summed E-state index contributed by atoms with van der Waals surface area (Å²) in [6.07, 6.45) is 9.45. The lowest BCUT2D eigenvalue weighted by molar-refractivity contribution is -0.137. The van der Waals surface area contributed by atoms with Crippen LogP contribution in [0.2, 0.25) is 0 Å². The van der Waals surface area contributed by atoms with Gasteiger partial charge in [0.25, 0.3) is 0 Å². The molecule has 0 amide bonds. The van der Waals surface area contributed by atoms with Gasteiger partial charge in [-0.1, -0.05) is 36.6 Å². The highest BCUT2D eigenvalue weighted by molar-refractivity contribution is 5.69. The first-order valence-electron chi connectivity index (χ1n) is 11.4. The number of hydrogen-bond acceptors (Lipinski definition) is 6. The van der Waals surface area contributed by atoms with Crippen LogP contribution in [-0.4, -0.2) is 26.2 Å². The minimum Gasteiger partial charge on any atom is -0.481 e. The molecular weight excluding hydrogens is 404 g/mol. The van der Waals surface area contributed by atoms with E-state index in [1.54, 1.807) is 0 Å². The van der Waals surface area contributed by atoms with E-state index in [-0.39, 0.29) is 6.42 Å². The average molecular weight is 435 g/mol. The van der Waals surface area contributed by atoms with Crippen molar-refractivity contribution in [2.24, 2.45) is 0 Å². The smallest absolute Gasteiger partial charge is 0.303 e. The molecule has 1 aliphatic carbocycles. The number of carboxylic acids is 1.